The molecule has 2 aliphatic heterocycles. The third-order valence-electron chi connectivity index (χ3n) is 5.50. The number of rotatable bonds is 5. The number of benzene rings is 1. The van der Waals surface area contributed by atoms with Crippen LogP contribution in [0.15, 0.2) is 18.2 Å². The zero-order valence-electron chi connectivity index (χ0n) is 15.6. The molecule has 1 atom stereocenters. The summed E-state index contributed by atoms with van der Waals surface area (Å²) in [5.74, 6) is 1.05. The second-order valence-corrected chi connectivity index (χ2v) is 8.72. The quantitative estimate of drug-likeness (QED) is 0.718. The Morgan fingerprint density at radius 3 is 2.62 bits per heavy atom. The molecular weight excluding hydrogens is 371 g/mol. The average Bonchev–Trinajstić information content (AvgIpc) is 2.61. The molecule has 0 saturated carbocycles. The van der Waals surface area contributed by atoms with Crippen LogP contribution in [0.25, 0.3) is 0 Å². The molecule has 144 valence electrons. The van der Waals surface area contributed by atoms with Gasteiger partial charge in [-0.2, -0.15) is 0 Å². The predicted octanol–water partition coefficient (Wildman–Crippen LogP) is 4.72. The summed E-state index contributed by atoms with van der Waals surface area (Å²) in [7, 11) is 0. The first-order valence-corrected chi connectivity index (χ1v) is 10.3. The monoisotopic (exact) mass is 398 g/mol. The number of halogens is 2. The molecule has 1 aromatic carbocycles. The summed E-state index contributed by atoms with van der Waals surface area (Å²) in [6.45, 7) is 8.60. The third-order valence-corrected chi connectivity index (χ3v) is 6.10. The molecule has 0 N–H and O–H groups in total. The van der Waals surface area contributed by atoms with Gasteiger partial charge < -0.3 is 14.5 Å². The zero-order valence-corrected chi connectivity index (χ0v) is 17.1. The highest BCUT2D eigenvalue weighted by Gasteiger charge is 2.31. The normalized spacial score (nSPS) is 22.7. The van der Waals surface area contributed by atoms with Gasteiger partial charge in [-0.25, -0.2) is 4.79 Å². The molecule has 1 amide bonds. The lowest BCUT2D eigenvalue weighted by Crippen LogP contribution is -2.50. The summed E-state index contributed by atoms with van der Waals surface area (Å²) in [4.78, 5) is 16.2. The van der Waals surface area contributed by atoms with Crippen molar-refractivity contribution in [3.63, 3.8) is 0 Å². The largest absolute Gasteiger partial charge is 0.449 e. The number of carbonyl (C=O) groups is 1. The van der Waals surface area contributed by atoms with Crippen LogP contribution in [0.1, 0.15) is 32.3 Å². The van der Waals surface area contributed by atoms with Gasteiger partial charge in [0.05, 0.1) is 6.61 Å². The maximum absolute atomic E-state index is 11.8. The van der Waals surface area contributed by atoms with Crippen LogP contribution in [0, 0.1) is 11.8 Å². The van der Waals surface area contributed by atoms with Gasteiger partial charge in [0.1, 0.15) is 0 Å². The van der Waals surface area contributed by atoms with Crippen LogP contribution >= 0.6 is 23.2 Å². The van der Waals surface area contributed by atoms with Crippen LogP contribution in [0.3, 0.4) is 0 Å². The second kappa shape index (κ2) is 8.81. The standard InChI is InChI=1S/C20H28Cl2N2O2/c1-14(2)24-12-16(13-26-20(24)25)11-23-7-5-15(6-8-23)9-17-10-18(21)3-4-19(17)22/h3-4,10,14-16H,5-9,11-13H2,1-2H3. The van der Waals surface area contributed by atoms with Crippen molar-refractivity contribution < 1.29 is 9.53 Å². The van der Waals surface area contributed by atoms with Crippen molar-refractivity contribution in [1.82, 2.24) is 9.80 Å². The van der Waals surface area contributed by atoms with Crippen molar-refractivity contribution in [3.05, 3.63) is 33.8 Å². The highest BCUT2D eigenvalue weighted by atomic mass is 35.5. The lowest BCUT2D eigenvalue weighted by atomic mass is 9.89. The smallest absolute Gasteiger partial charge is 0.410 e. The fourth-order valence-corrected chi connectivity index (χ4v) is 4.35. The summed E-state index contributed by atoms with van der Waals surface area (Å²) < 4.78 is 5.36. The first-order chi connectivity index (χ1) is 12.4. The molecule has 0 aliphatic carbocycles. The maximum atomic E-state index is 11.8. The fourth-order valence-electron chi connectivity index (χ4n) is 3.96. The van der Waals surface area contributed by atoms with E-state index in [4.69, 9.17) is 27.9 Å². The molecular formula is C20H28Cl2N2O2. The van der Waals surface area contributed by atoms with Gasteiger partial charge in [-0.15, -0.1) is 0 Å². The lowest BCUT2D eigenvalue weighted by molar-refractivity contribution is 0.0171. The number of nitrogens with zero attached hydrogens (tertiary/aromatic N) is 2. The summed E-state index contributed by atoms with van der Waals surface area (Å²) >= 11 is 12.4. The van der Waals surface area contributed by atoms with Gasteiger partial charge in [-0.05, 0) is 75.9 Å². The van der Waals surface area contributed by atoms with Crippen molar-refractivity contribution in [2.45, 2.75) is 39.2 Å². The maximum Gasteiger partial charge on any atom is 0.410 e. The van der Waals surface area contributed by atoms with Crippen LogP contribution in [0.4, 0.5) is 4.79 Å². The summed E-state index contributed by atoms with van der Waals surface area (Å²) in [5, 5.41) is 1.57. The van der Waals surface area contributed by atoms with Gasteiger partial charge in [0.25, 0.3) is 0 Å². The third kappa shape index (κ3) is 5.05. The van der Waals surface area contributed by atoms with E-state index < -0.39 is 0 Å². The van der Waals surface area contributed by atoms with Gasteiger partial charge in [0.2, 0.25) is 0 Å². The Hall–Kier alpha value is -0.970. The Morgan fingerprint density at radius 2 is 1.92 bits per heavy atom. The first kappa shape index (κ1) is 19.8. The molecule has 1 unspecified atom stereocenters. The minimum atomic E-state index is -0.173. The molecule has 2 aliphatic rings. The van der Waals surface area contributed by atoms with Gasteiger partial charge in [0.15, 0.2) is 0 Å². The molecule has 2 heterocycles. The van der Waals surface area contributed by atoms with Gasteiger partial charge in [-0.1, -0.05) is 23.2 Å². The topological polar surface area (TPSA) is 32.8 Å². The van der Waals surface area contributed by atoms with E-state index in [-0.39, 0.29) is 12.1 Å². The minimum absolute atomic E-state index is 0.173. The molecule has 2 saturated heterocycles. The Balaban J connectivity index is 1.46. The van der Waals surface area contributed by atoms with E-state index in [9.17, 15) is 4.79 Å². The zero-order chi connectivity index (χ0) is 18.7. The van der Waals surface area contributed by atoms with E-state index in [2.05, 4.69) is 4.90 Å². The van der Waals surface area contributed by atoms with E-state index in [0.29, 0.717) is 18.4 Å². The van der Waals surface area contributed by atoms with Crippen molar-refractivity contribution in [1.29, 1.82) is 0 Å². The van der Waals surface area contributed by atoms with Crippen molar-refractivity contribution >= 4 is 29.3 Å². The molecule has 2 fully saturated rings. The molecule has 1 aromatic rings. The molecule has 6 heteroatoms. The number of likely N-dealkylation sites (tertiary alicyclic amines) is 1. The highest BCUT2D eigenvalue weighted by molar-refractivity contribution is 6.33. The van der Waals surface area contributed by atoms with E-state index in [1.54, 1.807) is 0 Å². The molecule has 3 rings (SSSR count). The number of ether oxygens (including phenoxy) is 1. The van der Waals surface area contributed by atoms with Gasteiger partial charge >= 0.3 is 6.09 Å². The highest BCUT2D eigenvalue weighted by Crippen LogP contribution is 2.28. The van der Waals surface area contributed by atoms with Crippen LogP contribution in [0.5, 0.6) is 0 Å². The van der Waals surface area contributed by atoms with Crippen molar-refractivity contribution in [2.24, 2.45) is 11.8 Å². The van der Waals surface area contributed by atoms with Gasteiger partial charge in [-0.3, -0.25) is 0 Å². The number of hydrogen-bond acceptors (Lipinski definition) is 3. The van der Waals surface area contributed by atoms with Gasteiger partial charge in [0, 0.05) is 35.1 Å². The molecule has 0 spiro atoms. The Labute approximate surface area is 166 Å². The number of hydrogen-bond donors (Lipinski definition) is 0. The Bertz CT molecular complexity index is 630. The predicted molar refractivity (Wildman–Crippen MR) is 106 cm³/mol. The number of carbonyl (C=O) groups excluding carboxylic acids is 1. The lowest BCUT2D eigenvalue weighted by Gasteiger charge is -2.39. The Morgan fingerprint density at radius 1 is 1.19 bits per heavy atom. The Kier molecular flexibility index (Phi) is 6.70. The summed E-state index contributed by atoms with van der Waals surface area (Å²) in [5.41, 5.74) is 1.16. The summed E-state index contributed by atoms with van der Waals surface area (Å²) in [6, 6.07) is 5.92. The molecule has 0 radical (unpaired) electrons. The number of cyclic esters (lactones) is 1. The van der Waals surface area contributed by atoms with E-state index in [0.717, 1.165) is 48.2 Å². The van der Waals surface area contributed by atoms with Crippen molar-refractivity contribution in [2.75, 3.05) is 32.8 Å². The van der Waals surface area contributed by atoms with Crippen LogP contribution in [-0.2, 0) is 11.2 Å². The molecule has 0 bridgehead atoms. The fraction of sp³-hybridized carbons (Fsp3) is 0.650. The van der Waals surface area contributed by atoms with Crippen LogP contribution in [-0.4, -0.2) is 54.7 Å². The molecule has 26 heavy (non-hydrogen) atoms. The SMILES string of the molecule is CC(C)N1CC(CN2CCC(Cc3cc(Cl)ccc3Cl)CC2)COC1=O. The molecule has 4 nitrogen and oxygen atoms in total. The first-order valence-electron chi connectivity index (χ1n) is 9.52. The van der Waals surface area contributed by atoms with E-state index in [1.165, 1.54) is 12.8 Å². The minimum Gasteiger partial charge on any atom is -0.449 e. The van der Waals surface area contributed by atoms with Crippen LogP contribution in [0.2, 0.25) is 10.0 Å². The number of amides is 1. The summed E-state index contributed by atoms with van der Waals surface area (Å²) in [6.07, 6.45) is 3.16. The second-order valence-electron chi connectivity index (χ2n) is 7.87. The average molecular weight is 399 g/mol. The van der Waals surface area contributed by atoms with E-state index >= 15 is 0 Å². The molecule has 0 aromatic heterocycles. The van der Waals surface area contributed by atoms with Crippen molar-refractivity contribution in [3.8, 4) is 0 Å². The van der Waals surface area contributed by atoms with E-state index in [1.807, 2.05) is 36.9 Å². The number of piperidine rings is 1. The van der Waals surface area contributed by atoms with Crippen LogP contribution < -0.4 is 0 Å².